The molecule has 0 atom stereocenters. The first-order valence-corrected chi connectivity index (χ1v) is 7.20. The molecular weight excluding hydrogens is 327 g/mol. The molecule has 20 heavy (non-hydrogen) atoms. The lowest BCUT2D eigenvalue weighted by molar-refractivity contribution is 0.0932. The van der Waals surface area contributed by atoms with Crippen LogP contribution in [-0.4, -0.2) is 24.2 Å². The second-order valence-electron chi connectivity index (χ2n) is 5.53. The van der Waals surface area contributed by atoms with Crippen LogP contribution >= 0.6 is 15.9 Å². The molecule has 4 N–H and O–H groups in total. The molecule has 1 aromatic rings. The van der Waals surface area contributed by atoms with Crippen molar-refractivity contribution in [2.45, 2.75) is 26.7 Å². The summed E-state index contributed by atoms with van der Waals surface area (Å²) in [4.78, 5) is 12.1. The summed E-state index contributed by atoms with van der Waals surface area (Å²) >= 11 is 3.15. The lowest BCUT2D eigenvalue weighted by Gasteiger charge is -2.24. The molecule has 0 spiro atoms. The van der Waals surface area contributed by atoms with Gasteiger partial charge in [0.1, 0.15) is 5.82 Å². The fourth-order valence-electron chi connectivity index (χ4n) is 1.80. The molecule has 0 unspecified atom stereocenters. The van der Waals surface area contributed by atoms with Crippen molar-refractivity contribution >= 4 is 27.5 Å². The zero-order chi connectivity index (χ0) is 15.3. The van der Waals surface area contributed by atoms with Crippen LogP contribution in [-0.2, 0) is 0 Å². The Balaban J connectivity index is 2.70. The highest BCUT2D eigenvalue weighted by molar-refractivity contribution is 9.10. The number of hydrogen-bond acceptors (Lipinski definition) is 3. The van der Waals surface area contributed by atoms with Crippen molar-refractivity contribution in [1.29, 1.82) is 0 Å². The Hall–Kier alpha value is -1.14. The minimum absolute atomic E-state index is 0.0575. The number of benzene rings is 1. The third-order valence-corrected chi connectivity index (χ3v) is 3.73. The largest absolute Gasteiger partial charge is 0.396 e. The normalized spacial score (nSPS) is 11.4. The molecule has 0 aromatic heterocycles. The van der Waals surface area contributed by atoms with E-state index in [0.717, 1.165) is 6.42 Å². The Morgan fingerprint density at radius 2 is 2.15 bits per heavy atom. The van der Waals surface area contributed by atoms with Crippen molar-refractivity contribution < 1.29 is 14.3 Å². The van der Waals surface area contributed by atoms with Crippen LogP contribution in [0.25, 0.3) is 0 Å². The van der Waals surface area contributed by atoms with Gasteiger partial charge in [-0.2, -0.15) is 0 Å². The second-order valence-corrected chi connectivity index (χ2v) is 6.38. The van der Waals surface area contributed by atoms with Gasteiger partial charge in [-0.05, 0) is 46.3 Å². The number of carbonyl (C=O) groups is 1. The summed E-state index contributed by atoms with van der Waals surface area (Å²) in [5.74, 6) is -0.864. The monoisotopic (exact) mass is 346 g/mol. The van der Waals surface area contributed by atoms with Crippen molar-refractivity contribution in [3.8, 4) is 0 Å². The van der Waals surface area contributed by atoms with Gasteiger partial charge in [0.15, 0.2) is 0 Å². The van der Waals surface area contributed by atoms with E-state index in [4.69, 9.17) is 10.8 Å². The number of halogens is 2. The number of aliphatic hydroxyl groups excluding tert-OH is 1. The number of aliphatic hydroxyl groups is 1. The molecule has 0 aliphatic rings. The van der Waals surface area contributed by atoms with Gasteiger partial charge in [0.25, 0.3) is 5.91 Å². The lowest BCUT2D eigenvalue weighted by atomic mass is 9.88. The molecule has 0 aliphatic heterocycles. The average Bonchev–Trinajstić information content (AvgIpc) is 2.38. The van der Waals surface area contributed by atoms with Crippen LogP contribution < -0.4 is 11.1 Å². The number of nitrogens with one attached hydrogen (secondary N) is 1. The van der Waals surface area contributed by atoms with Crippen LogP contribution in [0.4, 0.5) is 10.1 Å². The van der Waals surface area contributed by atoms with E-state index in [1.54, 1.807) is 0 Å². The van der Waals surface area contributed by atoms with E-state index in [2.05, 4.69) is 21.2 Å². The number of carbonyl (C=O) groups excluding carboxylic acids is 1. The maximum atomic E-state index is 13.2. The Morgan fingerprint density at radius 1 is 1.50 bits per heavy atom. The molecule has 1 rings (SSSR count). The number of amides is 1. The topological polar surface area (TPSA) is 75.3 Å². The van der Waals surface area contributed by atoms with Crippen molar-refractivity contribution in [3.63, 3.8) is 0 Å². The highest BCUT2D eigenvalue weighted by Gasteiger charge is 2.20. The summed E-state index contributed by atoms with van der Waals surface area (Å²) in [6.45, 7) is 4.63. The van der Waals surface area contributed by atoms with Gasteiger partial charge in [-0.3, -0.25) is 4.79 Å². The minimum atomic E-state index is -0.559. The van der Waals surface area contributed by atoms with E-state index in [9.17, 15) is 9.18 Å². The number of nitrogen functional groups attached to an aromatic ring is 1. The first kappa shape index (κ1) is 16.9. The molecule has 112 valence electrons. The third kappa shape index (κ3) is 4.76. The first-order valence-electron chi connectivity index (χ1n) is 6.40. The van der Waals surface area contributed by atoms with Gasteiger partial charge < -0.3 is 16.2 Å². The van der Waals surface area contributed by atoms with Gasteiger partial charge in [-0.1, -0.05) is 13.8 Å². The molecule has 0 saturated carbocycles. The summed E-state index contributed by atoms with van der Waals surface area (Å²) in [7, 11) is 0. The SMILES string of the molecule is CC(C)(CCCO)CNC(=O)c1cc(N)c(F)cc1Br. The molecule has 0 saturated heterocycles. The van der Waals surface area contributed by atoms with Crippen molar-refractivity contribution in [2.75, 3.05) is 18.9 Å². The van der Waals surface area contributed by atoms with Crippen LogP contribution in [0.15, 0.2) is 16.6 Å². The van der Waals surface area contributed by atoms with Crippen LogP contribution in [0.5, 0.6) is 0 Å². The summed E-state index contributed by atoms with van der Waals surface area (Å²) in [5, 5.41) is 11.6. The van der Waals surface area contributed by atoms with Gasteiger partial charge in [-0.25, -0.2) is 4.39 Å². The Bertz CT molecular complexity index is 492. The van der Waals surface area contributed by atoms with Gasteiger partial charge in [0.2, 0.25) is 0 Å². The number of anilines is 1. The lowest BCUT2D eigenvalue weighted by Crippen LogP contribution is -2.34. The van der Waals surface area contributed by atoms with E-state index in [1.807, 2.05) is 13.8 Å². The molecule has 0 bridgehead atoms. The molecular formula is C14H20BrFN2O2. The van der Waals surface area contributed by atoms with Gasteiger partial charge in [-0.15, -0.1) is 0 Å². The predicted octanol–water partition coefficient (Wildman–Crippen LogP) is 2.70. The standard InChI is InChI=1S/C14H20BrFN2O2/c1-14(2,4-3-5-19)8-18-13(20)9-6-12(17)11(16)7-10(9)15/h6-7,19H,3-5,8,17H2,1-2H3,(H,18,20). The molecule has 1 amide bonds. The first-order chi connectivity index (χ1) is 9.26. The average molecular weight is 347 g/mol. The molecule has 1 aromatic carbocycles. The predicted molar refractivity (Wildman–Crippen MR) is 80.9 cm³/mol. The molecule has 0 radical (unpaired) electrons. The van der Waals surface area contributed by atoms with E-state index >= 15 is 0 Å². The van der Waals surface area contributed by atoms with Gasteiger partial charge in [0, 0.05) is 17.6 Å². The third-order valence-electron chi connectivity index (χ3n) is 3.07. The fraction of sp³-hybridized carbons (Fsp3) is 0.500. The smallest absolute Gasteiger partial charge is 0.252 e. The number of hydrogen-bond donors (Lipinski definition) is 3. The second kappa shape index (κ2) is 7.04. The zero-order valence-electron chi connectivity index (χ0n) is 11.7. The van der Waals surface area contributed by atoms with Gasteiger partial charge >= 0.3 is 0 Å². The zero-order valence-corrected chi connectivity index (χ0v) is 13.3. The summed E-state index contributed by atoms with van der Waals surface area (Å²) in [6, 6.07) is 2.50. The number of rotatable bonds is 6. The number of nitrogens with two attached hydrogens (primary N) is 1. The van der Waals surface area contributed by atoms with E-state index in [0.29, 0.717) is 23.0 Å². The molecule has 4 nitrogen and oxygen atoms in total. The molecule has 6 heteroatoms. The van der Waals surface area contributed by atoms with E-state index in [-0.39, 0.29) is 23.6 Å². The maximum Gasteiger partial charge on any atom is 0.252 e. The minimum Gasteiger partial charge on any atom is -0.396 e. The van der Waals surface area contributed by atoms with Crippen molar-refractivity contribution in [2.24, 2.45) is 5.41 Å². The van der Waals surface area contributed by atoms with E-state index in [1.165, 1.54) is 12.1 Å². The molecule has 0 fully saturated rings. The van der Waals surface area contributed by atoms with Crippen LogP contribution in [0, 0.1) is 11.2 Å². The Kier molecular flexibility index (Phi) is 5.95. The van der Waals surface area contributed by atoms with E-state index < -0.39 is 5.82 Å². The summed E-state index contributed by atoms with van der Waals surface area (Å²) < 4.78 is 13.6. The van der Waals surface area contributed by atoms with Crippen LogP contribution in [0.3, 0.4) is 0 Å². The summed E-state index contributed by atoms with van der Waals surface area (Å²) in [6.07, 6.45) is 1.49. The van der Waals surface area contributed by atoms with Crippen LogP contribution in [0.2, 0.25) is 0 Å². The van der Waals surface area contributed by atoms with Gasteiger partial charge in [0.05, 0.1) is 11.3 Å². The van der Waals surface area contributed by atoms with Crippen molar-refractivity contribution in [3.05, 3.63) is 28.0 Å². The fourth-order valence-corrected chi connectivity index (χ4v) is 2.30. The highest BCUT2D eigenvalue weighted by Crippen LogP contribution is 2.24. The Morgan fingerprint density at radius 3 is 2.75 bits per heavy atom. The maximum absolute atomic E-state index is 13.2. The van der Waals surface area contributed by atoms with Crippen LogP contribution in [0.1, 0.15) is 37.0 Å². The Labute approximate surface area is 126 Å². The highest BCUT2D eigenvalue weighted by atomic mass is 79.9. The molecule has 0 aliphatic carbocycles. The summed E-state index contributed by atoms with van der Waals surface area (Å²) in [5.41, 5.74) is 5.61. The van der Waals surface area contributed by atoms with Crippen molar-refractivity contribution in [1.82, 2.24) is 5.32 Å². The quantitative estimate of drug-likeness (QED) is 0.693. The molecule has 0 heterocycles.